The van der Waals surface area contributed by atoms with Crippen molar-refractivity contribution in [2.75, 3.05) is 0 Å². The Balaban J connectivity index is 2.44. The molecule has 2 rings (SSSR count). The molecule has 0 radical (unpaired) electrons. The first-order chi connectivity index (χ1) is 7.68. The van der Waals surface area contributed by atoms with Gasteiger partial charge in [0.25, 0.3) is 5.88 Å². The van der Waals surface area contributed by atoms with Crippen molar-refractivity contribution >= 4 is 17.6 Å². The minimum absolute atomic E-state index is 0.138. The van der Waals surface area contributed by atoms with E-state index in [1.807, 2.05) is 0 Å². The second-order valence-corrected chi connectivity index (χ2v) is 2.97. The number of ether oxygens (including phenoxy) is 1. The van der Waals surface area contributed by atoms with Gasteiger partial charge in [-0.1, -0.05) is 30.3 Å². The summed E-state index contributed by atoms with van der Waals surface area (Å²) in [6, 6.07) is 8.67. The van der Waals surface area contributed by atoms with E-state index in [4.69, 9.17) is 5.73 Å². The fraction of sp³-hybridized carbons (Fsp3) is 0. The van der Waals surface area contributed by atoms with Gasteiger partial charge in [0.2, 0.25) is 0 Å². The number of carbonyl (C=O) groups is 2. The summed E-state index contributed by atoms with van der Waals surface area (Å²) < 4.78 is 4.59. The highest BCUT2D eigenvalue weighted by Gasteiger charge is 2.25. The van der Waals surface area contributed by atoms with E-state index in [0.717, 1.165) is 0 Å². The fourth-order valence-electron chi connectivity index (χ4n) is 1.30. The van der Waals surface area contributed by atoms with Crippen LogP contribution in [-0.4, -0.2) is 12.0 Å². The zero-order chi connectivity index (χ0) is 11.5. The summed E-state index contributed by atoms with van der Waals surface area (Å²) in [5.41, 5.74) is 5.57. The summed E-state index contributed by atoms with van der Waals surface area (Å²) in [6.07, 6.45) is -1.03. The Morgan fingerprint density at radius 1 is 1.19 bits per heavy atom. The number of azo groups is 1. The Morgan fingerprint density at radius 2 is 1.88 bits per heavy atom. The summed E-state index contributed by atoms with van der Waals surface area (Å²) in [6.45, 7) is 0. The van der Waals surface area contributed by atoms with Crippen molar-refractivity contribution in [3.8, 4) is 0 Å². The third-order valence-corrected chi connectivity index (χ3v) is 1.92. The highest BCUT2D eigenvalue weighted by molar-refractivity contribution is 6.21. The molecule has 0 fully saturated rings. The molecule has 0 saturated carbocycles. The lowest BCUT2D eigenvalue weighted by atomic mass is 10.1. The monoisotopic (exact) mass is 217 g/mol. The van der Waals surface area contributed by atoms with Gasteiger partial charge in [0.05, 0.1) is 0 Å². The maximum Gasteiger partial charge on any atom is 0.411 e. The van der Waals surface area contributed by atoms with Gasteiger partial charge >= 0.3 is 12.0 Å². The average molecular weight is 217 g/mol. The van der Waals surface area contributed by atoms with Gasteiger partial charge < -0.3 is 10.5 Å². The Labute approximate surface area is 90.4 Å². The first kappa shape index (κ1) is 10.0. The van der Waals surface area contributed by atoms with Gasteiger partial charge in [0.1, 0.15) is 5.57 Å². The molecule has 1 aliphatic rings. The molecule has 1 heterocycles. The molecular weight excluding hydrogens is 210 g/mol. The average Bonchev–Trinajstić information content (AvgIpc) is 2.60. The fourth-order valence-corrected chi connectivity index (χ4v) is 1.30. The van der Waals surface area contributed by atoms with Gasteiger partial charge in [-0.15, -0.1) is 10.2 Å². The Bertz CT molecular complexity index is 505. The molecule has 0 unspecified atom stereocenters. The number of benzene rings is 1. The number of nitrogens with two attached hydrogens (primary N) is 1. The third kappa shape index (κ3) is 1.81. The molecule has 2 N–H and O–H groups in total. The van der Waals surface area contributed by atoms with Crippen LogP contribution in [0.15, 0.2) is 46.4 Å². The summed E-state index contributed by atoms with van der Waals surface area (Å²) >= 11 is 0. The van der Waals surface area contributed by atoms with Gasteiger partial charge in [-0.05, 0) is 5.56 Å². The molecule has 0 atom stereocenters. The number of amides is 2. The molecule has 0 aromatic heterocycles. The normalized spacial score (nSPS) is 14.4. The molecule has 16 heavy (non-hydrogen) atoms. The van der Waals surface area contributed by atoms with E-state index in [1.165, 1.54) is 0 Å². The molecule has 80 valence electrons. The number of primary amides is 1. The van der Waals surface area contributed by atoms with Crippen LogP contribution in [0.5, 0.6) is 0 Å². The minimum atomic E-state index is -1.03. The zero-order valence-corrected chi connectivity index (χ0v) is 8.08. The van der Waals surface area contributed by atoms with Crippen LogP contribution in [0.4, 0.5) is 4.79 Å². The highest BCUT2D eigenvalue weighted by Crippen LogP contribution is 2.27. The van der Waals surface area contributed by atoms with Crippen molar-refractivity contribution < 1.29 is 14.3 Å². The quantitative estimate of drug-likeness (QED) is 0.811. The number of nitrogens with zero attached hydrogens (tertiary/aromatic N) is 2. The summed E-state index contributed by atoms with van der Waals surface area (Å²) in [5.74, 6) is -0.717. The van der Waals surface area contributed by atoms with Gasteiger partial charge in [0, 0.05) is 0 Å². The predicted octanol–water partition coefficient (Wildman–Crippen LogP) is 1.44. The number of carbonyl (C=O) groups excluding carboxylic acids is 2. The van der Waals surface area contributed by atoms with E-state index in [9.17, 15) is 9.59 Å². The standard InChI is InChI=1S/C10H7N3O3/c11-10(15)16-9-7(8(14)12-13-9)6-4-2-1-3-5-6/h1-5H,(H2,11,15). The first-order valence-electron chi connectivity index (χ1n) is 4.41. The lowest BCUT2D eigenvalue weighted by Crippen LogP contribution is -2.12. The molecule has 2 amide bonds. The van der Waals surface area contributed by atoms with Gasteiger partial charge in [-0.2, -0.15) is 0 Å². The summed E-state index contributed by atoms with van der Waals surface area (Å²) in [5, 5.41) is 6.75. The highest BCUT2D eigenvalue weighted by atomic mass is 16.6. The molecule has 0 spiro atoms. The van der Waals surface area contributed by atoms with E-state index < -0.39 is 12.0 Å². The second-order valence-electron chi connectivity index (χ2n) is 2.97. The summed E-state index contributed by atoms with van der Waals surface area (Å²) in [4.78, 5) is 22.0. The second kappa shape index (κ2) is 3.93. The molecule has 1 aromatic carbocycles. The molecule has 6 nitrogen and oxygen atoms in total. The SMILES string of the molecule is NC(=O)OC1=C(c2ccccc2)C(=O)N=N1. The van der Waals surface area contributed by atoms with Gasteiger partial charge in [-0.3, -0.25) is 4.79 Å². The molecule has 0 bridgehead atoms. The van der Waals surface area contributed by atoms with Gasteiger partial charge in [0.15, 0.2) is 0 Å². The third-order valence-electron chi connectivity index (χ3n) is 1.92. The van der Waals surface area contributed by atoms with Crippen molar-refractivity contribution in [3.63, 3.8) is 0 Å². The molecule has 1 aliphatic heterocycles. The largest absolute Gasteiger partial charge is 0.411 e. The van der Waals surface area contributed by atoms with Crippen molar-refractivity contribution in [3.05, 3.63) is 41.8 Å². The maximum absolute atomic E-state index is 11.4. The van der Waals surface area contributed by atoms with Crippen molar-refractivity contribution in [2.24, 2.45) is 16.0 Å². The minimum Gasteiger partial charge on any atom is -0.389 e. The molecule has 6 heteroatoms. The molecule has 0 aliphatic carbocycles. The van der Waals surface area contributed by atoms with E-state index in [2.05, 4.69) is 15.0 Å². The number of rotatable bonds is 2. The molecular formula is C10H7N3O3. The topological polar surface area (TPSA) is 94.1 Å². The Hall–Kier alpha value is -2.50. The van der Waals surface area contributed by atoms with E-state index in [-0.39, 0.29) is 11.5 Å². The lowest BCUT2D eigenvalue weighted by molar-refractivity contribution is -0.112. The number of hydrogen-bond donors (Lipinski definition) is 1. The lowest BCUT2D eigenvalue weighted by Gasteiger charge is -2.01. The van der Waals surface area contributed by atoms with Crippen LogP contribution in [0.1, 0.15) is 5.56 Å². The Morgan fingerprint density at radius 3 is 2.50 bits per heavy atom. The predicted molar refractivity (Wildman–Crippen MR) is 53.9 cm³/mol. The van der Waals surface area contributed by atoms with Crippen LogP contribution in [-0.2, 0) is 9.53 Å². The van der Waals surface area contributed by atoms with Crippen LogP contribution in [0, 0.1) is 0 Å². The first-order valence-corrected chi connectivity index (χ1v) is 4.41. The molecule has 0 saturated heterocycles. The van der Waals surface area contributed by atoms with Crippen LogP contribution in [0.25, 0.3) is 5.57 Å². The van der Waals surface area contributed by atoms with Crippen molar-refractivity contribution in [1.82, 2.24) is 0 Å². The maximum atomic E-state index is 11.4. The van der Waals surface area contributed by atoms with Crippen molar-refractivity contribution in [2.45, 2.75) is 0 Å². The van der Waals surface area contributed by atoms with Crippen molar-refractivity contribution in [1.29, 1.82) is 0 Å². The Kier molecular flexibility index (Phi) is 2.47. The smallest absolute Gasteiger partial charge is 0.389 e. The van der Waals surface area contributed by atoms with E-state index in [0.29, 0.717) is 5.56 Å². The van der Waals surface area contributed by atoms with Crippen LogP contribution in [0.2, 0.25) is 0 Å². The molecule has 1 aromatic rings. The van der Waals surface area contributed by atoms with Crippen LogP contribution >= 0.6 is 0 Å². The van der Waals surface area contributed by atoms with E-state index >= 15 is 0 Å². The van der Waals surface area contributed by atoms with Crippen LogP contribution in [0.3, 0.4) is 0 Å². The summed E-state index contributed by atoms with van der Waals surface area (Å²) in [7, 11) is 0. The van der Waals surface area contributed by atoms with Crippen LogP contribution < -0.4 is 5.73 Å². The van der Waals surface area contributed by atoms with E-state index in [1.54, 1.807) is 30.3 Å². The zero-order valence-electron chi connectivity index (χ0n) is 8.08. The number of hydrogen-bond acceptors (Lipinski definition) is 4. The van der Waals surface area contributed by atoms with Gasteiger partial charge in [-0.25, -0.2) is 4.79 Å².